The summed E-state index contributed by atoms with van der Waals surface area (Å²) in [6, 6.07) is 11.5. The number of hydrogen-bond acceptors (Lipinski definition) is 1. The van der Waals surface area contributed by atoms with Gasteiger partial charge in [-0.3, -0.25) is 4.79 Å². The molecule has 1 unspecified atom stereocenters. The number of hydrogen-bond donors (Lipinski definition) is 1. The summed E-state index contributed by atoms with van der Waals surface area (Å²) in [5.41, 5.74) is 0.788. The van der Waals surface area contributed by atoms with E-state index in [-0.39, 0.29) is 16.1 Å². The standard InChI is InChI=1S/C15H12BrClFNO/c1-9(10-5-2-3-8-13(10)17)19-15(20)11-6-4-7-12(16)14(11)18/h2-9H,1H3,(H,19,20). The van der Waals surface area contributed by atoms with E-state index in [1.165, 1.54) is 6.07 Å². The average molecular weight is 357 g/mol. The van der Waals surface area contributed by atoms with Gasteiger partial charge in [-0.05, 0) is 46.6 Å². The molecule has 20 heavy (non-hydrogen) atoms. The van der Waals surface area contributed by atoms with E-state index in [4.69, 9.17) is 11.6 Å². The van der Waals surface area contributed by atoms with Crippen LogP contribution in [0.1, 0.15) is 28.9 Å². The van der Waals surface area contributed by atoms with Gasteiger partial charge in [-0.25, -0.2) is 4.39 Å². The maximum absolute atomic E-state index is 13.9. The fourth-order valence-electron chi connectivity index (χ4n) is 1.86. The molecule has 0 saturated carbocycles. The van der Waals surface area contributed by atoms with E-state index < -0.39 is 11.7 Å². The third-order valence-electron chi connectivity index (χ3n) is 2.92. The van der Waals surface area contributed by atoms with E-state index in [2.05, 4.69) is 21.2 Å². The summed E-state index contributed by atoms with van der Waals surface area (Å²) in [5, 5.41) is 3.30. The van der Waals surface area contributed by atoms with Gasteiger partial charge in [0.05, 0.1) is 16.1 Å². The normalized spacial score (nSPS) is 12.0. The van der Waals surface area contributed by atoms with Crippen molar-refractivity contribution in [3.63, 3.8) is 0 Å². The number of carbonyl (C=O) groups excluding carboxylic acids is 1. The van der Waals surface area contributed by atoms with Crippen LogP contribution >= 0.6 is 27.5 Å². The van der Waals surface area contributed by atoms with Crippen LogP contribution in [0.2, 0.25) is 5.02 Å². The van der Waals surface area contributed by atoms with Crippen LogP contribution in [0.5, 0.6) is 0 Å². The molecular formula is C15H12BrClFNO. The fraction of sp³-hybridized carbons (Fsp3) is 0.133. The third kappa shape index (κ3) is 3.19. The van der Waals surface area contributed by atoms with Crippen molar-refractivity contribution in [1.29, 1.82) is 0 Å². The highest BCUT2D eigenvalue weighted by Gasteiger charge is 2.17. The Morgan fingerprint density at radius 2 is 1.95 bits per heavy atom. The first-order valence-electron chi connectivity index (χ1n) is 6.00. The van der Waals surface area contributed by atoms with Gasteiger partial charge in [0.1, 0.15) is 5.82 Å². The van der Waals surface area contributed by atoms with E-state index in [0.29, 0.717) is 5.02 Å². The number of carbonyl (C=O) groups is 1. The first-order chi connectivity index (χ1) is 9.50. The molecule has 0 aromatic heterocycles. The van der Waals surface area contributed by atoms with Crippen molar-refractivity contribution in [2.45, 2.75) is 13.0 Å². The molecule has 1 atom stereocenters. The number of amides is 1. The first kappa shape index (κ1) is 15.0. The summed E-state index contributed by atoms with van der Waals surface area (Å²) < 4.78 is 14.1. The van der Waals surface area contributed by atoms with Crippen LogP contribution in [0.15, 0.2) is 46.9 Å². The fourth-order valence-corrected chi connectivity index (χ4v) is 2.52. The van der Waals surface area contributed by atoms with Crippen molar-refractivity contribution in [3.8, 4) is 0 Å². The molecule has 2 rings (SSSR count). The molecule has 0 radical (unpaired) electrons. The van der Waals surface area contributed by atoms with E-state index in [1.807, 2.05) is 18.2 Å². The second-order valence-corrected chi connectivity index (χ2v) is 5.58. The van der Waals surface area contributed by atoms with Crippen LogP contribution in [0.4, 0.5) is 4.39 Å². The van der Waals surface area contributed by atoms with Gasteiger partial charge in [0.2, 0.25) is 0 Å². The van der Waals surface area contributed by atoms with E-state index in [0.717, 1.165) is 5.56 Å². The largest absolute Gasteiger partial charge is 0.345 e. The Morgan fingerprint density at radius 1 is 1.25 bits per heavy atom. The number of benzene rings is 2. The summed E-state index contributed by atoms with van der Waals surface area (Å²) in [5.74, 6) is -1.05. The Bertz CT molecular complexity index is 648. The highest BCUT2D eigenvalue weighted by Crippen LogP contribution is 2.23. The van der Waals surface area contributed by atoms with Gasteiger partial charge in [-0.15, -0.1) is 0 Å². The van der Waals surface area contributed by atoms with Crippen LogP contribution in [0.25, 0.3) is 0 Å². The maximum Gasteiger partial charge on any atom is 0.254 e. The predicted octanol–water partition coefficient (Wildman–Crippen LogP) is 4.73. The SMILES string of the molecule is CC(NC(=O)c1cccc(Br)c1F)c1ccccc1Cl. The van der Waals surface area contributed by atoms with Gasteiger partial charge in [0.15, 0.2) is 0 Å². The Balaban J connectivity index is 2.20. The molecule has 1 N–H and O–H groups in total. The van der Waals surface area contributed by atoms with Gasteiger partial charge in [-0.1, -0.05) is 35.9 Å². The summed E-state index contributed by atoms with van der Waals surface area (Å²) in [6.07, 6.45) is 0. The van der Waals surface area contributed by atoms with Crippen molar-refractivity contribution in [2.75, 3.05) is 0 Å². The smallest absolute Gasteiger partial charge is 0.254 e. The minimum Gasteiger partial charge on any atom is -0.345 e. The van der Waals surface area contributed by atoms with Crippen LogP contribution in [0.3, 0.4) is 0 Å². The second kappa shape index (κ2) is 6.37. The zero-order valence-corrected chi connectivity index (χ0v) is 13.0. The van der Waals surface area contributed by atoms with Crippen molar-refractivity contribution >= 4 is 33.4 Å². The van der Waals surface area contributed by atoms with Crippen molar-refractivity contribution < 1.29 is 9.18 Å². The molecule has 0 bridgehead atoms. The zero-order chi connectivity index (χ0) is 14.7. The molecule has 0 saturated heterocycles. The molecule has 0 fully saturated rings. The lowest BCUT2D eigenvalue weighted by molar-refractivity contribution is 0.0935. The van der Waals surface area contributed by atoms with E-state index in [1.54, 1.807) is 25.1 Å². The highest BCUT2D eigenvalue weighted by atomic mass is 79.9. The van der Waals surface area contributed by atoms with Crippen molar-refractivity contribution in [2.24, 2.45) is 0 Å². The van der Waals surface area contributed by atoms with Crippen molar-refractivity contribution in [3.05, 3.63) is 68.9 Å². The predicted molar refractivity (Wildman–Crippen MR) is 81.4 cm³/mol. The Kier molecular flexibility index (Phi) is 4.78. The molecule has 104 valence electrons. The lowest BCUT2D eigenvalue weighted by Gasteiger charge is -2.16. The summed E-state index contributed by atoms with van der Waals surface area (Å²) in [7, 11) is 0. The van der Waals surface area contributed by atoms with Crippen LogP contribution < -0.4 is 5.32 Å². The molecule has 0 aliphatic carbocycles. The van der Waals surface area contributed by atoms with Gasteiger partial charge < -0.3 is 5.32 Å². The molecule has 1 amide bonds. The molecular weight excluding hydrogens is 345 g/mol. The summed E-state index contributed by atoms with van der Waals surface area (Å²) in [4.78, 5) is 12.1. The minimum atomic E-state index is -0.573. The van der Waals surface area contributed by atoms with E-state index in [9.17, 15) is 9.18 Å². The summed E-state index contributed by atoms with van der Waals surface area (Å²) in [6.45, 7) is 1.80. The second-order valence-electron chi connectivity index (χ2n) is 4.32. The Morgan fingerprint density at radius 3 is 2.65 bits per heavy atom. The lowest BCUT2D eigenvalue weighted by Crippen LogP contribution is -2.27. The molecule has 0 aliphatic heterocycles. The summed E-state index contributed by atoms with van der Waals surface area (Å²) >= 11 is 9.13. The van der Waals surface area contributed by atoms with Crippen LogP contribution in [0, 0.1) is 5.82 Å². The Labute approximate surface area is 130 Å². The molecule has 2 nitrogen and oxygen atoms in total. The quantitative estimate of drug-likeness (QED) is 0.846. The van der Waals surface area contributed by atoms with Gasteiger partial charge in [0, 0.05) is 5.02 Å². The zero-order valence-electron chi connectivity index (χ0n) is 10.7. The van der Waals surface area contributed by atoms with E-state index >= 15 is 0 Å². The topological polar surface area (TPSA) is 29.1 Å². The average Bonchev–Trinajstić information content (AvgIpc) is 2.42. The van der Waals surface area contributed by atoms with Crippen LogP contribution in [-0.4, -0.2) is 5.91 Å². The lowest BCUT2D eigenvalue weighted by atomic mass is 10.1. The molecule has 0 aliphatic rings. The molecule has 2 aromatic rings. The molecule has 2 aromatic carbocycles. The molecule has 0 spiro atoms. The van der Waals surface area contributed by atoms with Crippen LogP contribution in [-0.2, 0) is 0 Å². The van der Waals surface area contributed by atoms with Gasteiger partial charge >= 0.3 is 0 Å². The molecule has 0 heterocycles. The number of rotatable bonds is 3. The Hall–Kier alpha value is -1.39. The van der Waals surface area contributed by atoms with Gasteiger partial charge in [0.25, 0.3) is 5.91 Å². The number of halogens is 3. The first-order valence-corrected chi connectivity index (χ1v) is 7.17. The van der Waals surface area contributed by atoms with Crippen molar-refractivity contribution in [1.82, 2.24) is 5.32 Å². The maximum atomic E-state index is 13.9. The number of nitrogens with one attached hydrogen (secondary N) is 1. The monoisotopic (exact) mass is 355 g/mol. The highest BCUT2D eigenvalue weighted by molar-refractivity contribution is 9.10. The van der Waals surface area contributed by atoms with Gasteiger partial charge in [-0.2, -0.15) is 0 Å². The third-order valence-corrected chi connectivity index (χ3v) is 3.87. The molecule has 5 heteroatoms. The minimum absolute atomic E-state index is 0.00159.